The fraction of sp³-hybridized carbons (Fsp3) is 0.350. The van der Waals surface area contributed by atoms with E-state index in [0.717, 1.165) is 11.1 Å². The van der Waals surface area contributed by atoms with Gasteiger partial charge in [-0.25, -0.2) is 9.78 Å². The first-order chi connectivity index (χ1) is 13.4. The molecule has 0 spiro atoms. The van der Waals surface area contributed by atoms with Crippen LogP contribution in [-0.2, 0) is 22.6 Å². The van der Waals surface area contributed by atoms with E-state index >= 15 is 0 Å². The lowest BCUT2D eigenvalue weighted by Gasteiger charge is -2.15. The third-order valence-corrected chi connectivity index (χ3v) is 5.42. The summed E-state index contributed by atoms with van der Waals surface area (Å²) < 4.78 is 10.5. The topological polar surface area (TPSA) is 97.8 Å². The highest BCUT2D eigenvalue weighted by Gasteiger charge is 2.31. The average Bonchev–Trinajstić information content (AvgIpc) is 3.31. The number of fused-ring (bicyclic) bond motifs is 1. The Balaban J connectivity index is 1.71. The highest BCUT2D eigenvalue weighted by Crippen LogP contribution is 2.42. The van der Waals surface area contributed by atoms with Gasteiger partial charge in [0.1, 0.15) is 23.7 Å². The molecular formula is C20H22N2O5S. The summed E-state index contributed by atoms with van der Waals surface area (Å²) in [5.74, 6) is -0.149. The van der Waals surface area contributed by atoms with Crippen LogP contribution in [0.15, 0.2) is 23.2 Å². The standard InChI is InChI=1S/C20H22N2O5S/c1-11(5-7-15(23)22-20-21-8-9-28-20)4-6-13-17(24)16-14(10-27-19(16)25)12(2)18(13)26-3/h4,8-9,24H,5-7,10H2,1-3H3,(H,21,22,23)/b11-4+. The van der Waals surface area contributed by atoms with E-state index in [9.17, 15) is 14.7 Å². The van der Waals surface area contributed by atoms with E-state index in [-0.39, 0.29) is 23.8 Å². The van der Waals surface area contributed by atoms with Gasteiger partial charge in [0.2, 0.25) is 5.91 Å². The largest absolute Gasteiger partial charge is 0.507 e. The number of methoxy groups -OCH3 is 1. The van der Waals surface area contributed by atoms with Crippen LogP contribution in [0.3, 0.4) is 0 Å². The zero-order chi connectivity index (χ0) is 20.3. The number of hydrogen-bond donors (Lipinski definition) is 2. The number of thiazole rings is 1. The van der Waals surface area contributed by atoms with Gasteiger partial charge in [-0.15, -0.1) is 11.3 Å². The predicted molar refractivity (Wildman–Crippen MR) is 106 cm³/mol. The molecule has 1 aromatic heterocycles. The van der Waals surface area contributed by atoms with E-state index < -0.39 is 5.97 Å². The van der Waals surface area contributed by atoms with E-state index in [2.05, 4.69) is 10.3 Å². The summed E-state index contributed by atoms with van der Waals surface area (Å²) in [7, 11) is 1.54. The number of rotatable bonds is 7. The number of nitrogens with zero attached hydrogens (tertiary/aromatic N) is 1. The lowest BCUT2D eigenvalue weighted by Crippen LogP contribution is -2.10. The Labute approximate surface area is 167 Å². The molecule has 0 radical (unpaired) electrons. The van der Waals surface area contributed by atoms with Crippen molar-refractivity contribution in [2.75, 3.05) is 12.4 Å². The number of aromatic hydroxyl groups is 1. The Bertz CT molecular complexity index is 935. The first kappa shape index (κ1) is 19.9. The number of benzene rings is 1. The Kier molecular flexibility index (Phi) is 5.99. The molecule has 1 aliphatic heterocycles. The zero-order valence-electron chi connectivity index (χ0n) is 16.0. The molecule has 0 unspecified atom stereocenters. The van der Waals surface area contributed by atoms with Crippen molar-refractivity contribution in [1.29, 1.82) is 0 Å². The number of nitrogens with one attached hydrogen (secondary N) is 1. The summed E-state index contributed by atoms with van der Waals surface area (Å²) in [6, 6.07) is 0. The fourth-order valence-electron chi connectivity index (χ4n) is 3.18. The molecule has 0 saturated heterocycles. The molecule has 0 bridgehead atoms. The van der Waals surface area contributed by atoms with Crippen LogP contribution in [0.2, 0.25) is 0 Å². The van der Waals surface area contributed by atoms with Crippen LogP contribution in [0.25, 0.3) is 0 Å². The van der Waals surface area contributed by atoms with Gasteiger partial charge in [0, 0.05) is 29.1 Å². The van der Waals surface area contributed by atoms with Gasteiger partial charge in [0.15, 0.2) is 5.13 Å². The van der Waals surface area contributed by atoms with Crippen LogP contribution >= 0.6 is 11.3 Å². The lowest BCUT2D eigenvalue weighted by atomic mass is 9.94. The second-order valence-electron chi connectivity index (χ2n) is 6.56. The molecule has 2 aromatic rings. The Morgan fingerprint density at radius 1 is 1.46 bits per heavy atom. The first-order valence-corrected chi connectivity index (χ1v) is 9.73. The van der Waals surface area contributed by atoms with E-state index in [4.69, 9.17) is 9.47 Å². The second-order valence-corrected chi connectivity index (χ2v) is 7.45. The third-order valence-electron chi connectivity index (χ3n) is 4.73. The van der Waals surface area contributed by atoms with Crippen molar-refractivity contribution in [3.05, 3.63) is 45.5 Å². The number of carbonyl (C=O) groups is 2. The highest BCUT2D eigenvalue weighted by atomic mass is 32.1. The number of phenols is 1. The van der Waals surface area contributed by atoms with Gasteiger partial charge in [-0.3, -0.25) is 4.79 Å². The van der Waals surface area contributed by atoms with Crippen molar-refractivity contribution < 1.29 is 24.2 Å². The number of hydrogen-bond acceptors (Lipinski definition) is 7. The number of esters is 1. The second kappa shape index (κ2) is 8.43. The molecule has 0 aliphatic carbocycles. The number of aromatic nitrogens is 1. The van der Waals surface area contributed by atoms with Gasteiger partial charge < -0.3 is 19.9 Å². The van der Waals surface area contributed by atoms with Crippen LogP contribution in [0, 0.1) is 6.92 Å². The molecule has 8 heteroatoms. The Morgan fingerprint density at radius 3 is 2.93 bits per heavy atom. The molecular weight excluding hydrogens is 380 g/mol. The molecule has 0 atom stereocenters. The number of anilines is 1. The summed E-state index contributed by atoms with van der Waals surface area (Å²) in [5.41, 5.74) is 3.23. The normalized spacial score (nSPS) is 13.2. The van der Waals surface area contributed by atoms with E-state index in [1.54, 1.807) is 11.6 Å². The molecule has 2 N–H and O–H groups in total. The van der Waals surface area contributed by atoms with Crippen LogP contribution in [0.4, 0.5) is 5.13 Å². The maximum Gasteiger partial charge on any atom is 0.342 e. The molecule has 28 heavy (non-hydrogen) atoms. The Hall–Kier alpha value is -2.87. The van der Waals surface area contributed by atoms with Crippen LogP contribution < -0.4 is 10.1 Å². The molecule has 1 amide bonds. The number of cyclic esters (lactones) is 1. The number of carbonyl (C=O) groups excluding carboxylic acids is 2. The van der Waals surface area contributed by atoms with Crippen LogP contribution in [-0.4, -0.2) is 29.1 Å². The monoisotopic (exact) mass is 402 g/mol. The quantitative estimate of drug-likeness (QED) is 0.541. The van der Waals surface area contributed by atoms with Crippen molar-refractivity contribution in [2.24, 2.45) is 0 Å². The summed E-state index contributed by atoms with van der Waals surface area (Å²) in [6.07, 6.45) is 4.86. The smallest absolute Gasteiger partial charge is 0.342 e. The van der Waals surface area contributed by atoms with Gasteiger partial charge in [-0.05, 0) is 32.3 Å². The summed E-state index contributed by atoms with van der Waals surface area (Å²) in [6.45, 7) is 3.92. The maximum atomic E-state index is 12.0. The predicted octanol–water partition coefficient (Wildman–Crippen LogP) is 3.74. The molecule has 1 aromatic carbocycles. The minimum absolute atomic E-state index is 0.0921. The van der Waals surface area contributed by atoms with Crippen LogP contribution in [0.1, 0.15) is 46.8 Å². The third kappa shape index (κ3) is 4.01. The number of phenolic OH excluding ortho intramolecular Hbond substituents is 1. The van der Waals surface area contributed by atoms with E-state index in [1.165, 1.54) is 18.4 Å². The maximum absolute atomic E-state index is 12.0. The summed E-state index contributed by atoms with van der Waals surface area (Å²) >= 11 is 1.37. The molecule has 2 heterocycles. The lowest BCUT2D eigenvalue weighted by molar-refractivity contribution is -0.116. The molecule has 1 aliphatic rings. The van der Waals surface area contributed by atoms with E-state index in [1.807, 2.05) is 19.9 Å². The minimum atomic E-state index is -0.515. The van der Waals surface area contributed by atoms with Gasteiger partial charge in [-0.1, -0.05) is 11.6 Å². The van der Waals surface area contributed by atoms with Crippen LogP contribution in [0.5, 0.6) is 11.5 Å². The Morgan fingerprint density at radius 2 is 2.25 bits per heavy atom. The summed E-state index contributed by atoms with van der Waals surface area (Å²) in [4.78, 5) is 27.9. The van der Waals surface area contributed by atoms with Gasteiger partial charge in [-0.2, -0.15) is 0 Å². The van der Waals surface area contributed by atoms with Crippen molar-refractivity contribution in [2.45, 2.75) is 39.7 Å². The zero-order valence-corrected chi connectivity index (χ0v) is 16.8. The van der Waals surface area contributed by atoms with E-state index in [0.29, 0.717) is 41.3 Å². The number of amides is 1. The van der Waals surface area contributed by atoms with Crippen molar-refractivity contribution in [1.82, 2.24) is 4.98 Å². The number of ether oxygens (including phenoxy) is 2. The SMILES string of the molecule is COc1c(C)c2c(c(O)c1C/C=C(\C)CCC(=O)Nc1nccs1)C(=O)OC2. The van der Waals surface area contributed by atoms with Crippen molar-refractivity contribution in [3.8, 4) is 11.5 Å². The van der Waals surface area contributed by atoms with Gasteiger partial charge >= 0.3 is 5.97 Å². The molecule has 0 fully saturated rings. The fourth-order valence-corrected chi connectivity index (χ4v) is 3.73. The summed E-state index contributed by atoms with van der Waals surface area (Å²) in [5, 5.41) is 15.7. The van der Waals surface area contributed by atoms with Crippen molar-refractivity contribution >= 4 is 28.3 Å². The highest BCUT2D eigenvalue weighted by molar-refractivity contribution is 7.13. The minimum Gasteiger partial charge on any atom is -0.507 e. The molecule has 148 valence electrons. The molecule has 0 saturated carbocycles. The first-order valence-electron chi connectivity index (χ1n) is 8.85. The van der Waals surface area contributed by atoms with Gasteiger partial charge in [0.05, 0.1) is 7.11 Å². The number of allylic oxidation sites excluding steroid dienone is 2. The van der Waals surface area contributed by atoms with Crippen molar-refractivity contribution in [3.63, 3.8) is 0 Å². The molecule has 3 rings (SSSR count). The molecule has 7 nitrogen and oxygen atoms in total. The average molecular weight is 402 g/mol. The van der Waals surface area contributed by atoms with Gasteiger partial charge in [0.25, 0.3) is 0 Å².